The van der Waals surface area contributed by atoms with Crippen LogP contribution in [0.3, 0.4) is 0 Å². The quantitative estimate of drug-likeness (QED) is 0.896. The zero-order chi connectivity index (χ0) is 13.2. The predicted octanol–water partition coefficient (Wildman–Crippen LogP) is 3.22. The maximum Gasteiger partial charge on any atom is 0.124 e. The Balaban J connectivity index is 1.80. The van der Waals surface area contributed by atoms with Crippen molar-refractivity contribution in [2.75, 3.05) is 0 Å². The van der Waals surface area contributed by atoms with Gasteiger partial charge in [-0.1, -0.05) is 30.3 Å². The number of ether oxygens (including phenoxy) is 1. The average Bonchev–Trinajstić information content (AvgIpc) is 2.41. The summed E-state index contributed by atoms with van der Waals surface area (Å²) in [5, 5.41) is 0. The van der Waals surface area contributed by atoms with Crippen molar-refractivity contribution in [2.24, 2.45) is 5.73 Å². The van der Waals surface area contributed by atoms with E-state index in [0.29, 0.717) is 12.2 Å². The Morgan fingerprint density at radius 3 is 2.74 bits per heavy atom. The van der Waals surface area contributed by atoms with Gasteiger partial charge in [0.1, 0.15) is 17.7 Å². The second kappa shape index (κ2) is 5.02. The van der Waals surface area contributed by atoms with Crippen LogP contribution in [0.5, 0.6) is 5.75 Å². The van der Waals surface area contributed by atoms with E-state index in [0.717, 1.165) is 12.0 Å². The van der Waals surface area contributed by atoms with E-state index in [1.807, 2.05) is 18.2 Å². The number of benzene rings is 2. The van der Waals surface area contributed by atoms with Crippen molar-refractivity contribution in [3.63, 3.8) is 0 Å². The van der Waals surface area contributed by atoms with Gasteiger partial charge in [-0.25, -0.2) is 4.39 Å². The Hall–Kier alpha value is -1.87. The Labute approximate surface area is 112 Å². The van der Waals surface area contributed by atoms with Crippen molar-refractivity contribution < 1.29 is 9.13 Å². The summed E-state index contributed by atoms with van der Waals surface area (Å²) in [6, 6.07) is 14.6. The van der Waals surface area contributed by atoms with Crippen molar-refractivity contribution in [2.45, 2.75) is 25.0 Å². The van der Waals surface area contributed by atoms with Crippen molar-refractivity contribution in [3.05, 3.63) is 65.5 Å². The normalized spacial score (nSPS) is 21.6. The lowest BCUT2D eigenvalue weighted by Crippen LogP contribution is -2.31. The molecule has 0 saturated heterocycles. The van der Waals surface area contributed by atoms with Crippen molar-refractivity contribution in [1.82, 2.24) is 0 Å². The van der Waals surface area contributed by atoms with Crippen LogP contribution in [0, 0.1) is 5.82 Å². The lowest BCUT2D eigenvalue weighted by Gasteiger charge is -2.30. The highest BCUT2D eigenvalue weighted by Crippen LogP contribution is 2.34. The fourth-order valence-corrected chi connectivity index (χ4v) is 2.56. The zero-order valence-electron chi connectivity index (χ0n) is 10.6. The third kappa shape index (κ3) is 2.61. The zero-order valence-corrected chi connectivity index (χ0v) is 10.6. The highest BCUT2D eigenvalue weighted by molar-refractivity contribution is 5.38. The second-order valence-electron chi connectivity index (χ2n) is 4.95. The third-order valence-corrected chi connectivity index (χ3v) is 3.49. The standard InChI is InChI=1S/C16H16FNO/c17-12-6-7-16-14(9-12)15(18)10-13(19-16)8-11-4-2-1-3-5-11/h1-7,9,13,15H,8,10,18H2/t13?,15-/m1/s1. The first-order chi connectivity index (χ1) is 9.22. The molecule has 2 atom stereocenters. The number of halogens is 1. The van der Waals surface area contributed by atoms with Gasteiger partial charge in [-0.15, -0.1) is 0 Å². The fourth-order valence-electron chi connectivity index (χ4n) is 2.56. The van der Waals surface area contributed by atoms with Gasteiger partial charge < -0.3 is 10.5 Å². The molecule has 3 heteroatoms. The molecule has 19 heavy (non-hydrogen) atoms. The molecule has 98 valence electrons. The van der Waals surface area contributed by atoms with E-state index in [1.165, 1.54) is 17.7 Å². The molecule has 2 aromatic carbocycles. The molecule has 2 nitrogen and oxygen atoms in total. The van der Waals surface area contributed by atoms with E-state index < -0.39 is 0 Å². The summed E-state index contributed by atoms with van der Waals surface area (Å²) in [7, 11) is 0. The number of rotatable bonds is 2. The molecule has 1 heterocycles. The molecule has 2 aromatic rings. The third-order valence-electron chi connectivity index (χ3n) is 3.49. The molecule has 0 spiro atoms. The molecular formula is C16H16FNO. The topological polar surface area (TPSA) is 35.2 Å². The first-order valence-electron chi connectivity index (χ1n) is 6.48. The Morgan fingerprint density at radius 2 is 1.95 bits per heavy atom. The van der Waals surface area contributed by atoms with Crippen LogP contribution < -0.4 is 10.5 Å². The second-order valence-corrected chi connectivity index (χ2v) is 4.95. The first-order valence-corrected chi connectivity index (χ1v) is 6.48. The lowest BCUT2D eigenvalue weighted by atomic mass is 9.94. The van der Waals surface area contributed by atoms with E-state index in [4.69, 9.17) is 10.5 Å². The maximum absolute atomic E-state index is 13.2. The molecule has 1 aliphatic heterocycles. The summed E-state index contributed by atoms with van der Waals surface area (Å²) in [4.78, 5) is 0. The highest BCUT2D eigenvalue weighted by Gasteiger charge is 2.26. The molecule has 1 aliphatic rings. The molecule has 0 aliphatic carbocycles. The van der Waals surface area contributed by atoms with Gasteiger partial charge in [-0.3, -0.25) is 0 Å². The van der Waals surface area contributed by atoms with Crippen molar-refractivity contribution in [3.8, 4) is 5.75 Å². The van der Waals surface area contributed by atoms with Gasteiger partial charge in [0.05, 0.1) is 0 Å². The van der Waals surface area contributed by atoms with E-state index in [2.05, 4.69) is 12.1 Å². The summed E-state index contributed by atoms with van der Waals surface area (Å²) in [5.74, 6) is 0.445. The van der Waals surface area contributed by atoms with Crippen LogP contribution in [0.4, 0.5) is 4.39 Å². The molecule has 1 unspecified atom stereocenters. The molecule has 3 rings (SSSR count). The summed E-state index contributed by atoms with van der Waals surface area (Å²) < 4.78 is 19.1. The predicted molar refractivity (Wildman–Crippen MR) is 72.5 cm³/mol. The molecule has 2 N–H and O–H groups in total. The van der Waals surface area contributed by atoms with E-state index >= 15 is 0 Å². The van der Waals surface area contributed by atoms with Crippen LogP contribution in [-0.2, 0) is 6.42 Å². The number of fused-ring (bicyclic) bond motifs is 1. The van der Waals surface area contributed by atoms with Gasteiger partial charge in [0, 0.05) is 24.4 Å². The van der Waals surface area contributed by atoms with E-state index in [-0.39, 0.29) is 18.0 Å². The minimum atomic E-state index is -0.265. The highest BCUT2D eigenvalue weighted by atomic mass is 19.1. The van der Waals surface area contributed by atoms with Crippen LogP contribution in [0.25, 0.3) is 0 Å². The van der Waals surface area contributed by atoms with Gasteiger partial charge in [0.25, 0.3) is 0 Å². The molecule has 0 radical (unpaired) electrons. The summed E-state index contributed by atoms with van der Waals surface area (Å²) in [6.07, 6.45) is 1.59. The van der Waals surface area contributed by atoms with Crippen LogP contribution >= 0.6 is 0 Å². The van der Waals surface area contributed by atoms with Gasteiger partial charge in [-0.2, -0.15) is 0 Å². The largest absolute Gasteiger partial charge is 0.490 e. The van der Waals surface area contributed by atoms with Gasteiger partial charge in [0.2, 0.25) is 0 Å². The SMILES string of the molecule is N[C@@H]1CC(Cc2ccccc2)Oc2ccc(F)cc21. The molecule has 0 saturated carbocycles. The van der Waals surface area contributed by atoms with Crippen LogP contribution in [0.15, 0.2) is 48.5 Å². The number of hydrogen-bond acceptors (Lipinski definition) is 2. The Kier molecular flexibility index (Phi) is 3.22. The number of nitrogens with two attached hydrogens (primary N) is 1. The first kappa shape index (κ1) is 12.2. The van der Waals surface area contributed by atoms with Crippen LogP contribution in [0.2, 0.25) is 0 Å². The maximum atomic E-state index is 13.2. The van der Waals surface area contributed by atoms with Gasteiger partial charge in [-0.05, 0) is 23.8 Å². The summed E-state index contributed by atoms with van der Waals surface area (Å²) >= 11 is 0. The summed E-state index contributed by atoms with van der Waals surface area (Å²) in [6.45, 7) is 0. The fraction of sp³-hybridized carbons (Fsp3) is 0.250. The smallest absolute Gasteiger partial charge is 0.124 e. The van der Waals surface area contributed by atoms with E-state index in [9.17, 15) is 4.39 Å². The monoisotopic (exact) mass is 257 g/mol. The van der Waals surface area contributed by atoms with E-state index in [1.54, 1.807) is 6.07 Å². The van der Waals surface area contributed by atoms with Crippen molar-refractivity contribution >= 4 is 0 Å². The Bertz CT molecular complexity index is 570. The molecule has 0 fully saturated rings. The van der Waals surface area contributed by atoms with Crippen LogP contribution in [-0.4, -0.2) is 6.10 Å². The molecule has 0 aromatic heterocycles. The van der Waals surface area contributed by atoms with Crippen molar-refractivity contribution in [1.29, 1.82) is 0 Å². The minimum Gasteiger partial charge on any atom is -0.490 e. The lowest BCUT2D eigenvalue weighted by molar-refractivity contribution is 0.159. The molecular weight excluding hydrogens is 241 g/mol. The Morgan fingerprint density at radius 1 is 1.16 bits per heavy atom. The molecule has 0 amide bonds. The average molecular weight is 257 g/mol. The van der Waals surface area contributed by atoms with Crippen LogP contribution in [0.1, 0.15) is 23.6 Å². The van der Waals surface area contributed by atoms with Gasteiger partial charge >= 0.3 is 0 Å². The number of hydrogen-bond donors (Lipinski definition) is 1. The minimum absolute atomic E-state index is 0.0513. The van der Waals surface area contributed by atoms with Gasteiger partial charge in [0.15, 0.2) is 0 Å². The summed E-state index contributed by atoms with van der Waals surface area (Å²) in [5.41, 5.74) is 8.11. The molecule has 0 bridgehead atoms.